The highest BCUT2D eigenvalue weighted by Crippen LogP contribution is 2.25. The third kappa shape index (κ3) is 2.58. The van der Waals surface area contributed by atoms with Crippen molar-refractivity contribution >= 4 is 11.3 Å². The fourth-order valence-electron chi connectivity index (χ4n) is 1.31. The summed E-state index contributed by atoms with van der Waals surface area (Å²) < 4.78 is 5.60. The summed E-state index contributed by atoms with van der Waals surface area (Å²) in [6.45, 7) is 0.590. The number of aliphatic hydroxyl groups excluding tert-OH is 1. The minimum atomic E-state index is 0.0434. The summed E-state index contributed by atoms with van der Waals surface area (Å²) in [6, 6.07) is 11.9. The van der Waals surface area contributed by atoms with Gasteiger partial charge >= 0.3 is 0 Å². The molecule has 0 bridgehead atoms. The second kappa shape index (κ2) is 4.96. The number of thiophene rings is 1. The molecule has 1 N–H and O–H groups in total. The van der Waals surface area contributed by atoms with E-state index in [1.807, 2.05) is 41.8 Å². The average molecular weight is 220 g/mol. The lowest BCUT2D eigenvalue weighted by Gasteiger charge is -2.05. The molecule has 0 radical (unpaired) electrons. The molecule has 15 heavy (non-hydrogen) atoms. The quantitative estimate of drug-likeness (QED) is 0.858. The molecule has 0 fully saturated rings. The maximum Gasteiger partial charge on any atom is 0.136 e. The molecular weight excluding hydrogens is 208 g/mol. The molecule has 78 valence electrons. The van der Waals surface area contributed by atoms with Gasteiger partial charge in [-0.1, -0.05) is 30.3 Å². The van der Waals surface area contributed by atoms with Gasteiger partial charge in [0.2, 0.25) is 0 Å². The highest BCUT2D eigenvalue weighted by Gasteiger charge is 2.03. The lowest BCUT2D eigenvalue weighted by atomic mass is 10.2. The zero-order valence-electron chi connectivity index (χ0n) is 8.22. The Kier molecular flexibility index (Phi) is 3.37. The van der Waals surface area contributed by atoms with E-state index in [4.69, 9.17) is 9.84 Å². The van der Waals surface area contributed by atoms with Crippen LogP contribution in [0.3, 0.4) is 0 Å². The van der Waals surface area contributed by atoms with Gasteiger partial charge in [-0.05, 0) is 17.0 Å². The SMILES string of the molecule is OCc1sccc1OCc1ccccc1. The summed E-state index contributed by atoms with van der Waals surface area (Å²) in [5.74, 6) is 0.784. The van der Waals surface area contributed by atoms with Crippen LogP contribution < -0.4 is 4.74 Å². The largest absolute Gasteiger partial charge is 0.488 e. The van der Waals surface area contributed by atoms with Crippen molar-refractivity contribution < 1.29 is 9.84 Å². The molecule has 0 amide bonds. The van der Waals surface area contributed by atoms with E-state index in [1.165, 1.54) is 11.3 Å². The van der Waals surface area contributed by atoms with E-state index in [-0.39, 0.29) is 6.61 Å². The zero-order valence-corrected chi connectivity index (χ0v) is 9.04. The molecule has 2 aromatic rings. The monoisotopic (exact) mass is 220 g/mol. The molecule has 2 rings (SSSR count). The van der Waals surface area contributed by atoms with Gasteiger partial charge in [-0.15, -0.1) is 11.3 Å². The maximum absolute atomic E-state index is 9.03. The van der Waals surface area contributed by atoms with Crippen molar-refractivity contribution in [1.82, 2.24) is 0 Å². The smallest absolute Gasteiger partial charge is 0.136 e. The van der Waals surface area contributed by atoms with E-state index in [2.05, 4.69) is 0 Å². The molecule has 0 aliphatic carbocycles. The first-order chi connectivity index (χ1) is 7.40. The first-order valence-electron chi connectivity index (χ1n) is 4.74. The van der Waals surface area contributed by atoms with Gasteiger partial charge in [0.05, 0.1) is 11.5 Å². The van der Waals surface area contributed by atoms with E-state index in [0.29, 0.717) is 6.61 Å². The molecule has 0 saturated heterocycles. The van der Waals surface area contributed by atoms with E-state index in [1.54, 1.807) is 0 Å². The van der Waals surface area contributed by atoms with E-state index in [9.17, 15) is 0 Å². The van der Waals surface area contributed by atoms with Gasteiger partial charge in [-0.3, -0.25) is 0 Å². The molecule has 2 nitrogen and oxygen atoms in total. The first-order valence-corrected chi connectivity index (χ1v) is 5.62. The van der Waals surface area contributed by atoms with Crippen LogP contribution in [0.1, 0.15) is 10.4 Å². The van der Waals surface area contributed by atoms with Gasteiger partial charge in [-0.2, -0.15) is 0 Å². The van der Waals surface area contributed by atoms with Gasteiger partial charge in [-0.25, -0.2) is 0 Å². The average Bonchev–Trinajstić information content (AvgIpc) is 2.75. The molecule has 0 aliphatic rings. The molecule has 0 atom stereocenters. The second-order valence-electron chi connectivity index (χ2n) is 3.14. The Hall–Kier alpha value is -1.32. The van der Waals surface area contributed by atoms with Crippen LogP contribution in [0.5, 0.6) is 5.75 Å². The van der Waals surface area contributed by atoms with Crippen LogP contribution in [-0.2, 0) is 13.2 Å². The van der Waals surface area contributed by atoms with Crippen LogP contribution in [0.2, 0.25) is 0 Å². The Morgan fingerprint density at radius 3 is 2.67 bits per heavy atom. The van der Waals surface area contributed by atoms with Crippen LogP contribution in [0.25, 0.3) is 0 Å². The summed E-state index contributed by atoms with van der Waals surface area (Å²) in [7, 11) is 0. The molecule has 0 aliphatic heterocycles. The number of aliphatic hydroxyl groups is 1. The lowest BCUT2D eigenvalue weighted by molar-refractivity contribution is 0.264. The van der Waals surface area contributed by atoms with Gasteiger partial charge in [0, 0.05) is 0 Å². The standard InChI is InChI=1S/C12H12O2S/c13-8-12-11(6-7-15-12)14-9-10-4-2-1-3-5-10/h1-7,13H,8-9H2. The molecule has 0 unspecified atom stereocenters. The number of ether oxygens (including phenoxy) is 1. The zero-order chi connectivity index (χ0) is 10.5. The topological polar surface area (TPSA) is 29.5 Å². The van der Waals surface area contributed by atoms with Gasteiger partial charge in [0.25, 0.3) is 0 Å². The summed E-state index contributed by atoms with van der Waals surface area (Å²) >= 11 is 1.51. The predicted octanol–water partition coefficient (Wildman–Crippen LogP) is 2.82. The van der Waals surface area contributed by atoms with Crippen LogP contribution >= 0.6 is 11.3 Å². The molecule has 0 spiro atoms. The third-order valence-corrected chi connectivity index (χ3v) is 2.97. The maximum atomic E-state index is 9.03. The Bertz CT molecular complexity index is 409. The van der Waals surface area contributed by atoms with Crippen molar-refractivity contribution in [3.63, 3.8) is 0 Å². The molecular formula is C12H12O2S. The third-order valence-electron chi connectivity index (χ3n) is 2.09. The van der Waals surface area contributed by atoms with E-state index >= 15 is 0 Å². The molecule has 1 heterocycles. The van der Waals surface area contributed by atoms with Crippen molar-refractivity contribution in [2.45, 2.75) is 13.2 Å². The normalized spacial score (nSPS) is 10.2. The summed E-state index contributed by atoms with van der Waals surface area (Å²) in [5, 5.41) is 11.0. The Balaban J connectivity index is 1.99. The van der Waals surface area contributed by atoms with E-state index < -0.39 is 0 Å². The summed E-state index contributed by atoms with van der Waals surface area (Å²) in [4.78, 5) is 0.880. The minimum absolute atomic E-state index is 0.0434. The van der Waals surface area contributed by atoms with E-state index in [0.717, 1.165) is 16.2 Å². The minimum Gasteiger partial charge on any atom is -0.488 e. The molecule has 3 heteroatoms. The van der Waals surface area contributed by atoms with Crippen molar-refractivity contribution in [3.05, 3.63) is 52.2 Å². The first kappa shape index (κ1) is 10.2. The second-order valence-corrected chi connectivity index (χ2v) is 4.14. The molecule has 1 aromatic heterocycles. The van der Waals surface area contributed by atoms with Crippen LogP contribution in [0.15, 0.2) is 41.8 Å². The molecule has 0 saturated carbocycles. The van der Waals surface area contributed by atoms with Crippen molar-refractivity contribution in [1.29, 1.82) is 0 Å². The predicted molar refractivity (Wildman–Crippen MR) is 61.0 cm³/mol. The van der Waals surface area contributed by atoms with Crippen LogP contribution in [0.4, 0.5) is 0 Å². The lowest BCUT2D eigenvalue weighted by Crippen LogP contribution is -1.95. The van der Waals surface area contributed by atoms with Gasteiger partial charge in [0.1, 0.15) is 12.4 Å². The van der Waals surface area contributed by atoms with Crippen molar-refractivity contribution in [2.24, 2.45) is 0 Å². The Morgan fingerprint density at radius 2 is 1.93 bits per heavy atom. The Morgan fingerprint density at radius 1 is 1.13 bits per heavy atom. The van der Waals surface area contributed by atoms with Crippen LogP contribution in [0, 0.1) is 0 Å². The molecule has 1 aromatic carbocycles. The van der Waals surface area contributed by atoms with Crippen molar-refractivity contribution in [2.75, 3.05) is 0 Å². The highest BCUT2D eigenvalue weighted by atomic mass is 32.1. The highest BCUT2D eigenvalue weighted by molar-refractivity contribution is 7.10. The van der Waals surface area contributed by atoms with Crippen LogP contribution in [-0.4, -0.2) is 5.11 Å². The Labute approximate surface area is 92.8 Å². The van der Waals surface area contributed by atoms with Crippen molar-refractivity contribution in [3.8, 4) is 5.75 Å². The number of rotatable bonds is 4. The number of hydrogen-bond donors (Lipinski definition) is 1. The fraction of sp³-hybridized carbons (Fsp3) is 0.167. The summed E-state index contributed by atoms with van der Waals surface area (Å²) in [6.07, 6.45) is 0. The van der Waals surface area contributed by atoms with Gasteiger partial charge < -0.3 is 9.84 Å². The van der Waals surface area contributed by atoms with Gasteiger partial charge in [0.15, 0.2) is 0 Å². The summed E-state index contributed by atoms with van der Waals surface area (Å²) in [5.41, 5.74) is 1.13. The number of hydrogen-bond acceptors (Lipinski definition) is 3. The number of benzene rings is 1. The fourth-order valence-corrected chi connectivity index (χ4v) is 1.98.